The summed E-state index contributed by atoms with van der Waals surface area (Å²) in [4.78, 5) is 17.2. The maximum absolute atomic E-state index is 12.1. The summed E-state index contributed by atoms with van der Waals surface area (Å²) in [5, 5.41) is 11.7. The molecule has 5 heteroatoms. The molecule has 1 saturated heterocycles. The van der Waals surface area contributed by atoms with Crippen molar-refractivity contribution in [2.75, 3.05) is 38.0 Å². The predicted molar refractivity (Wildman–Crippen MR) is 104 cm³/mol. The van der Waals surface area contributed by atoms with Gasteiger partial charge in [0.05, 0.1) is 11.6 Å². The van der Waals surface area contributed by atoms with Crippen molar-refractivity contribution in [1.29, 1.82) is 5.26 Å². The highest BCUT2D eigenvalue weighted by atomic mass is 16.1. The molecule has 3 rings (SSSR count). The highest BCUT2D eigenvalue weighted by Crippen LogP contribution is 2.23. The molecule has 0 radical (unpaired) electrons. The second-order valence-electron chi connectivity index (χ2n) is 7.51. The standard InChI is InChI=1S/C21H30N4O/c22-17-18-8-10-19(11-9-18)23-21(26)7-4-12-24-13-15-25(16-14-24)20-5-2-1-3-6-20/h8-11,20H,1-7,12-16H2,(H,23,26). The molecule has 26 heavy (non-hydrogen) atoms. The first-order chi connectivity index (χ1) is 12.7. The van der Waals surface area contributed by atoms with Crippen molar-refractivity contribution in [3.05, 3.63) is 29.8 Å². The Bertz CT molecular complexity index is 608. The minimum Gasteiger partial charge on any atom is -0.326 e. The van der Waals surface area contributed by atoms with E-state index in [2.05, 4.69) is 21.2 Å². The minimum absolute atomic E-state index is 0.0514. The van der Waals surface area contributed by atoms with Gasteiger partial charge in [-0.25, -0.2) is 0 Å². The molecule has 2 fully saturated rings. The SMILES string of the molecule is N#Cc1ccc(NC(=O)CCCN2CCN(C3CCCCC3)CC2)cc1. The van der Waals surface area contributed by atoms with E-state index >= 15 is 0 Å². The van der Waals surface area contributed by atoms with E-state index in [0.29, 0.717) is 12.0 Å². The zero-order valence-corrected chi connectivity index (χ0v) is 15.6. The van der Waals surface area contributed by atoms with E-state index in [-0.39, 0.29) is 5.91 Å². The number of nitrogens with zero attached hydrogens (tertiary/aromatic N) is 3. The Hall–Kier alpha value is -1.90. The number of nitrogens with one attached hydrogen (secondary N) is 1. The van der Waals surface area contributed by atoms with Crippen LogP contribution in [-0.4, -0.2) is 54.5 Å². The highest BCUT2D eigenvalue weighted by Gasteiger charge is 2.24. The monoisotopic (exact) mass is 354 g/mol. The fraction of sp³-hybridized carbons (Fsp3) is 0.619. The number of hydrogen-bond acceptors (Lipinski definition) is 4. The first-order valence-electron chi connectivity index (χ1n) is 10.0. The number of hydrogen-bond donors (Lipinski definition) is 1. The Kier molecular flexibility index (Phi) is 7.04. The molecule has 1 heterocycles. The van der Waals surface area contributed by atoms with E-state index in [9.17, 15) is 4.79 Å². The van der Waals surface area contributed by atoms with Crippen LogP contribution in [0.1, 0.15) is 50.5 Å². The Morgan fingerprint density at radius 3 is 2.42 bits per heavy atom. The lowest BCUT2D eigenvalue weighted by molar-refractivity contribution is -0.116. The third-order valence-corrected chi connectivity index (χ3v) is 5.67. The largest absolute Gasteiger partial charge is 0.326 e. The Balaban J connectivity index is 1.31. The van der Waals surface area contributed by atoms with Crippen molar-refractivity contribution in [3.63, 3.8) is 0 Å². The molecular weight excluding hydrogens is 324 g/mol. The second-order valence-corrected chi connectivity index (χ2v) is 7.51. The molecule has 0 unspecified atom stereocenters. The van der Waals surface area contributed by atoms with Crippen LogP contribution < -0.4 is 5.32 Å². The van der Waals surface area contributed by atoms with Gasteiger partial charge < -0.3 is 10.2 Å². The maximum Gasteiger partial charge on any atom is 0.224 e. The van der Waals surface area contributed by atoms with Crippen LogP contribution in [0.3, 0.4) is 0 Å². The smallest absolute Gasteiger partial charge is 0.224 e. The van der Waals surface area contributed by atoms with Crippen molar-refractivity contribution in [3.8, 4) is 6.07 Å². The van der Waals surface area contributed by atoms with E-state index < -0.39 is 0 Å². The summed E-state index contributed by atoms with van der Waals surface area (Å²) < 4.78 is 0. The van der Waals surface area contributed by atoms with E-state index in [4.69, 9.17) is 5.26 Å². The van der Waals surface area contributed by atoms with Gasteiger partial charge in [0.15, 0.2) is 0 Å². The van der Waals surface area contributed by atoms with Gasteiger partial charge in [0, 0.05) is 44.3 Å². The fourth-order valence-corrected chi connectivity index (χ4v) is 4.11. The van der Waals surface area contributed by atoms with Crippen molar-refractivity contribution < 1.29 is 4.79 Å². The average Bonchev–Trinajstić information content (AvgIpc) is 2.70. The fourth-order valence-electron chi connectivity index (χ4n) is 4.11. The third kappa shape index (κ3) is 5.55. The summed E-state index contributed by atoms with van der Waals surface area (Å²) in [6.07, 6.45) is 8.43. The van der Waals surface area contributed by atoms with Crippen LogP contribution in [0.25, 0.3) is 0 Å². The van der Waals surface area contributed by atoms with Crippen molar-refractivity contribution in [2.45, 2.75) is 51.0 Å². The molecule has 2 aliphatic rings. The summed E-state index contributed by atoms with van der Waals surface area (Å²) in [5.74, 6) is 0.0514. The van der Waals surface area contributed by atoms with Gasteiger partial charge >= 0.3 is 0 Å². The number of piperazine rings is 1. The predicted octanol–water partition coefficient (Wildman–Crippen LogP) is 3.23. The number of anilines is 1. The van der Waals surface area contributed by atoms with Gasteiger partial charge in [-0.1, -0.05) is 19.3 Å². The lowest BCUT2D eigenvalue weighted by Gasteiger charge is -2.40. The zero-order valence-electron chi connectivity index (χ0n) is 15.6. The number of benzene rings is 1. The van der Waals surface area contributed by atoms with Gasteiger partial charge in [-0.05, 0) is 50.1 Å². The molecule has 0 bridgehead atoms. The van der Waals surface area contributed by atoms with Crippen LogP contribution in [0.4, 0.5) is 5.69 Å². The Morgan fingerprint density at radius 1 is 1.08 bits per heavy atom. The van der Waals surface area contributed by atoms with Crippen molar-refractivity contribution >= 4 is 11.6 Å². The lowest BCUT2D eigenvalue weighted by Crippen LogP contribution is -2.50. The van der Waals surface area contributed by atoms with E-state index in [1.54, 1.807) is 24.3 Å². The first kappa shape index (κ1) is 18.9. The van der Waals surface area contributed by atoms with Gasteiger partial charge in [0.25, 0.3) is 0 Å². The lowest BCUT2D eigenvalue weighted by atomic mass is 9.94. The summed E-state index contributed by atoms with van der Waals surface area (Å²) in [6, 6.07) is 9.91. The van der Waals surface area contributed by atoms with E-state index in [0.717, 1.165) is 37.8 Å². The minimum atomic E-state index is 0.0514. The number of carbonyl (C=O) groups excluding carboxylic acids is 1. The summed E-state index contributed by atoms with van der Waals surface area (Å²) in [6.45, 7) is 5.63. The van der Waals surface area contributed by atoms with Crippen LogP contribution in [0.2, 0.25) is 0 Å². The average molecular weight is 354 g/mol. The molecule has 0 atom stereocenters. The molecule has 0 aromatic heterocycles. The maximum atomic E-state index is 12.1. The molecule has 1 aliphatic heterocycles. The van der Waals surface area contributed by atoms with Crippen LogP contribution in [0, 0.1) is 11.3 Å². The number of amides is 1. The highest BCUT2D eigenvalue weighted by molar-refractivity contribution is 5.90. The van der Waals surface area contributed by atoms with Gasteiger partial charge in [0.1, 0.15) is 0 Å². The molecule has 1 aliphatic carbocycles. The van der Waals surface area contributed by atoms with Crippen LogP contribution >= 0.6 is 0 Å². The van der Waals surface area contributed by atoms with Gasteiger partial charge in [-0.15, -0.1) is 0 Å². The summed E-state index contributed by atoms with van der Waals surface area (Å²) in [5.41, 5.74) is 1.37. The van der Waals surface area contributed by atoms with Gasteiger partial charge in [0.2, 0.25) is 5.91 Å². The first-order valence-corrected chi connectivity index (χ1v) is 10.0. The van der Waals surface area contributed by atoms with Crippen LogP contribution in [-0.2, 0) is 4.79 Å². The zero-order chi connectivity index (χ0) is 18.2. The quantitative estimate of drug-likeness (QED) is 0.852. The van der Waals surface area contributed by atoms with Crippen LogP contribution in [0.15, 0.2) is 24.3 Å². The molecule has 1 aromatic carbocycles. The van der Waals surface area contributed by atoms with Crippen molar-refractivity contribution in [2.24, 2.45) is 0 Å². The molecule has 1 N–H and O–H groups in total. The molecule has 1 aromatic rings. The summed E-state index contributed by atoms with van der Waals surface area (Å²) in [7, 11) is 0. The second kappa shape index (κ2) is 9.70. The number of carbonyl (C=O) groups is 1. The summed E-state index contributed by atoms with van der Waals surface area (Å²) >= 11 is 0. The Morgan fingerprint density at radius 2 is 1.77 bits per heavy atom. The van der Waals surface area contributed by atoms with Crippen molar-refractivity contribution in [1.82, 2.24) is 9.80 Å². The molecule has 5 nitrogen and oxygen atoms in total. The van der Waals surface area contributed by atoms with E-state index in [1.165, 1.54) is 45.2 Å². The molecule has 0 spiro atoms. The van der Waals surface area contributed by atoms with Gasteiger partial charge in [-0.2, -0.15) is 5.26 Å². The molecule has 1 saturated carbocycles. The van der Waals surface area contributed by atoms with E-state index in [1.807, 2.05) is 0 Å². The molecular formula is C21H30N4O. The topological polar surface area (TPSA) is 59.4 Å². The molecule has 1 amide bonds. The number of nitriles is 1. The normalized spacial score (nSPS) is 19.8. The van der Waals surface area contributed by atoms with Crippen LogP contribution in [0.5, 0.6) is 0 Å². The van der Waals surface area contributed by atoms with Gasteiger partial charge in [-0.3, -0.25) is 9.69 Å². The molecule has 140 valence electrons. The Labute approximate surface area is 157 Å². The third-order valence-electron chi connectivity index (χ3n) is 5.67. The number of rotatable bonds is 6.